The third kappa shape index (κ3) is 2.87. The highest BCUT2D eigenvalue weighted by Gasteiger charge is 2.01. The lowest BCUT2D eigenvalue weighted by Gasteiger charge is -2.08. The summed E-state index contributed by atoms with van der Waals surface area (Å²) in [6.07, 6.45) is 2.19. The fraction of sp³-hybridized carbons (Fsp3) is 0.417. The second-order valence-electron chi connectivity index (χ2n) is 3.58. The number of nitrogens with one attached hydrogen (secondary N) is 1. The van der Waals surface area contributed by atoms with Crippen LogP contribution in [0.5, 0.6) is 0 Å². The summed E-state index contributed by atoms with van der Waals surface area (Å²) in [5.41, 5.74) is 3.32. The van der Waals surface area contributed by atoms with Gasteiger partial charge in [0.2, 0.25) is 5.91 Å². The van der Waals surface area contributed by atoms with Gasteiger partial charge in [0, 0.05) is 12.6 Å². The van der Waals surface area contributed by atoms with Crippen LogP contribution in [0.4, 0.5) is 5.69 Å². The highest BCUT2D eigenvalue weighted by Crippen LogP contribution is 2.17. The van der Waals surface area contributed by atoms with Crippen LogP contribution < -0.4 is 5.32 Å². The van der Waals surface area contributed by atoms with E-state index in [1.807, 2.05) is 6.92 Å². The van der Waals surface area contributed by atoms with Crippen molar-refractivity contribution in [1.82, 2.24) is 0 Å². The highest BCUT2D eigenvalue weighted by atomic mass is 16.1. The van der Waals surface area contributed by atoms with Crippen molar-refractivity contribution in [3.63, 3.8) is 0 Å². The van der Waals surface area contributed by atoms with Crippen LogP contribution in [0.1, 0.15) is 31.4 Å². The lowest BCUT2D eigenvalue weighted by molar-refractivity contribution is -0.114. The summed E-state index contributed by atoms with van der Waals surface area (Å²) in [4.78, 5) is 10.9. The van der Waals surface area contributed by atoms with Gasteiger partial charge in [0.25, 0.3) is 0 Å². The molecule has 1 aromatic rings. The average Bonchev–Trinajstić information content (AvgIpc) is 2.10. The third-order valence-electron chi connectivity index (χ3n) is 2.15. The second kappa shape index (κ2) is 4.80. The maximum Gasteiger partial charge on any atom is 0.221 e. The van der Waals surface area contributed by atoms with Gasteiger partial charge in [-0.3, -0.25) is 4.79 Å². The number of carbonyl (C=O) groups is 1. The van der Waals surface area contributed by atoms with Gasteiger partial charge in [-0.1, -0.05) is 25.5 Å². The molecular weight excluding hydrogens is 174 g/mol. The smallest absolute Gasteiger partial charge is 0.221 e. The topological polar surface area (TPSA) is 29.1 Å². The summed E-state index contributed by atoms with van der Waals surface area (Å²) in [5.74, 6) is -0.0123. The molecule has 0 spiro atoms. The van der Waals surface area contributed by atoms with Gasteiger partial charge in [0.05, 0.1) is 0 Å². The Morgan fingerprint density at radius 2 is 2.14 bits per heavy atom. The first-order valence-electron chi connectivity index (χ1n) is 5.00. The predicted octanol–water partition coefficient (Wildman–Crippen LogP) is 2.91. The van der Waals surface area contributed by atoms with Gasteiger partial charge in [0.1, 0.15) is 0 Å². The van der Waals surface area contributed by atoms with E-state index in [0.717, 1.165) is 24.1 Å². The van der Waals surface area contributed by atoms with Crippen LogP contribution in [0, 0.1) is 6.92 Å². The molecule has 1 rings (SSSR count). The van der Waals surface area contributed by atoms with Crippen LogP contribution in [-0.4, -0.2) is 5.91 Å². The summed E-state index contributed by atoms with van der Waals surface area (Å²) in [7, 11) is 0. The number of hydrogen-bond donors (Lipinski definition) is 1. The first-order valence-corrected chi connectivity index (χ1v) is 5.00. The van der Waals surface area contributed by atoms with Crippen LogP contribution in [0.25, 0.3) is 0 Å². The van der Waals surface area contributed by atoms with Crippen molar-refractivity contribution in [3.8, 4) is 0 Å². The van der Waals surface area contributed by atoms with E-state index in [1.165, 1.54) is 12.5 Å². The number of aryl methyl sites for hydroxylation is 2. The summed E-state index contributed by atoms with van der Waals surface area (Å²) >= 11 is 0. The first-order chi connectivity index (χ1) is 6.63. The van der Waals surface area contributed by atoms with E-state index in [1.54, 1.807) is 0 Å². The van der Waals surface area contributed by atoms with Gasteiger partial charge in [-0.15, -0.1) is 0 Å². The monoisotopic (exact) mass is 191 g/mol. The first kappa shape index (κ1) is 10.8. The van der Waals surface area contributed by atoms with E-state index in [-0.39, 0.29) is 5.91 Å². The fourth-order valence-electron chi connectivity index (χ4n) is 1.44. The molecule has 76 valence electrons. The molecule has 1 N–H and O–H groups in total. The molecular formula is C12H17NO. The maximum absolute atomic E-state index is 10.9. The minimum absolute atomic E-state index is 0.0123. The summed E-state index contributed by atoms with van der Waals surface area (Å²) in [6, 6.07) is 6.22. The van der Waals surface area contributed by atoms with Crippen LogP contribution in [0.3, 0.4) is 0 Å². The Bertz CT molecular complexity index is 331. The molecule has 0 heterocycles. The molecule has 0 bridgehead atoms. The van der Waals surface area contributed by atoms with Crippen molar-refractivity contribution in [2.75, 3.05) is 5.32 Å². The Kier molecular flexibility index (Phi) is 3.69. The molecule has 1 aromatic carbocycles. The molecule has 2 heteroatoms. The SMILES string of the molecule is CCCc1ccc(C)c(NC(C)=O)c1. The minimum Gasteiger partial charge on any atom is -0.326 e. The number of anilines is 1. The molecule has 0 radical (unpaired) electrons. The lowest BCUT2D eigenvalue weighted by atomic mass is 10.1. The number of benzene rings is 1. The van der Waals surface area contributed by atoms with Crippen LogP contribution in [-0.2, 0) is 11.2 Å². The van der Waals surface area contributed by atoms with Crippen molar-refractivity contribution in [1.29, 1.82) is 0 Å². The molecule has 0 atom stereocenters. The van der Waals surface area contributed by atoms with Crippen molar-refractivity contribution in [2.24, 2.45) is 0 Å². The van der Waals surface area contributed by atoms with Crippen molar-refractivity contribution < 1.29 is 4.79 Å². The zero-order valence-electron chi connectivity index (χ0n) is 9.05. The Morgan fingerprint density at radius 1 is 1.43 bits per heavy atom. The Balaban J connectivity index is 2.90. The van der Waals surface area contributed by atoms with E-state index < -0.39 is 0 Å². The number of carbonyl (C=O) groups excluding carboxylic acids is 1. The van der Waals surface area contributed by atoms with E-state index in [0.29, 0.717) is 0 Å². The fourth-order valence-corrected chi connectivity index (χ4v) is 1.44. The lowest BCUT2D eigenvalue weighted by Crippen LogP contribution is -2.07. The standard InChI is InChI=1S/C12H17NO/c1-4-5-11-7-6-9(2)12(8-11)13-10(3)14/h6-8H,4-5H2,1-3H3,(H,13,14). The zero-order chi connectivity index (χ0) is 10.6. The van der Waals surface area contributed by atoms with Crippen molar-refractivity contribution in [3.05, 3.63) is 29.3 Å². The van der Waals surface area contributed by atoms with Crippen molar-refractivity contribution >= 4 is 11.6 Å². The summed E-state index contributed by atoms with van der Waals surface area (Å²) < 4.78 is 0. The molecule has 1 amide bonds. The molecule has 0 aliphatic heterocycles. The maximum atomic E-state index is 10.9. The molecule has 0 aromatic heterocycles. The van der Waals surface area contributed by atoms with E-state index in [9.17, 15) is 4.79 Å². The highest BCUT2D eigenvalue weighted by molar-refractivity contribution is 5.89. The normalized spacial score (nSPS) is 9.93. The molecule has 14 heavy (non-hydrogen) atoms. The Morgan fingerprint density at radius 3 is 2.71 bits per heavy atom. The van der Waals surface area contributed by atoms with Gasteiger partial charge in [-0.2, -0.15) is 0 Å². The number of rotatable bonds is 3. The van der Waals surface area contributed by atoms with Crippen LogP contribution in [0.15, 0.2) is 18.2 Å². The zero-order valence-corrected chi connectivity index (χ0v) is 9.05. The molecule has 0 saturated heterocycles. The number of amides is 1. The Labute approximate surface area is 85.3 Å². The summed E-state index contributed by atoms with van der Waals surface area (Å²) in [6.45, 7) is 5.69. The van der Waals surface area contributed by atoms with Crippen molar-refractivity contribution in [2.45, 2.75) is 33.6 Å². The molecule has 0 aliphatic carbocycles. The van der Waals surface area contributed by atoms with E-state index in [2.05, 4.69) is 30.4 Å². The molecule has 0 unspecified atom stereocenters. The number of hydrogen-bond acceptors (Lipinski definition) is 1. The largest absolute Gasteiger partial charge is 0.326 e. The molecule has 0 fully saturated rings. The van der Waals surface area contributed by atoms with Gasteiger partial charge < -0.3 is 5.32 Å². The van der Waals surface area contributed by atoms with E-state index >= 15 is 0 Å². The average molecular weight is 191 g/mol. The molecule has 0 saturated carbocycles. The van der Waals surface area contributed by atoms with Gasteiger partial charge in [0.15, 0.2) is 0 Å². The van der Waals surface area contributed by atoms with Gasteiger partial charge in [-0.25, -0.2) is 0 Å². The Hall–Kier alpha value is -1.31. The van der Waals surface area contributed by atoms with Gasteiger partial charge >= 0.3 is 0 Å². The molecule has 0 aliphatic rings. The van der Waals surface area contributed by atoms with Crippen LogP contribution >= 0.6 is 0 Å². The predicted molar refractivity (Wildman–Crippen MR) is 59.5 cm³/mol. The van der Waals surface area contributed by atoms with Gasteiger partial charge in [-0.05, 0) is 30.5 Å². The second-order valence-corrected chi connectivity index (χ2v) is 3.58. The quantitative estimate of drug-likeness (QED) is 0.782. The van der Waals surface area contributed by atoms with E-state index in [4.69, 9.17) is 0 Å². The third-order valence-corrected chi connectivity index (χ3v) is 2.15. The minimum atomic E-state index is -0.0123. The molecule has 2 nitrogen and oxygen atoms in total. The van der Waals surface area contributed by atoms with Crippen LogP contribution in [0.2, 0.25) is 0 Å². The summed E-state index contributed by atoms with van der Waals surface area (Å²) in [5, 5.41) is 2.83.